The second kappa shape index (κ2) is 5.46. The second-order valence-electron chi connectivity index (χ2n) is 3.76. The molecule has 0 bridgehead atoms. The number of nitrogens with zero attached hydrogens (tertiary/aromatic N) is 2. The molecule has 1 heterocycles. The van der Waals surface area contributed by atoms with Gasteiger partial charge in [0.1, 0.15) is 0 Å². The number of carboxylic acid groups (broad SMARTS) is 1. The molecule has 4 nitrogen and oxygen atoms in total. The third-order valence-corrected chi connectivity index (χ3v) is 2.17. The Bertz CT molecular complexity index is 314. The summed E-state index contributed by atoms with van der Waals surface area (Å²) in [5.74, 6) is -1.11. The standard InChI is InChI=1S/C11H16N2O2/c1-9(11(14)15)7-13(2)8-10-5-3-4-6-12-10/h3-6,9H,7-8H2,1-2H3,(H,14,15). The minimum Gasteiger partial charge on any atom is -0.481 e. The predicted molar refractivity (Wildman–Crippen MR) is 57.4 cm³/mol. The van der Waals surface area contributed by atoms with E-state index >= 15 is 0 Å². The molecule has 15 heavy (non-hydrogen) atoms. The van der Waals surface area contributed by atoms with Crippen LogP contribution in [0.2, 0.25) is 0 Å². The van der Waals surface area contributed by atoms with Crippen LogP contribution in [0, 0.1) is 5.92 Å². The predicted octanol–water partition coefficient (Wildman–Crippen LogP) is 1.23. The van der Waals surface area contributed by atoms with E-state index in [0.29, 0.717) is 13.1 Å². The molecule has 1 aromatic heterocycles. The summed E-state index contributed by atoms with van der Waals surface area (Å²) in [7, 11) is 1.90. The number of pyridine rings is 1. The van der Waals surface area contributed by atoms with Crippen LogP contribution in [0.4, 0.5) is 0 Å². The summed E-state index contributed by atoms with van der Waals surface area (Å²) in [4.78, 5) is 16.8. The Hall–Kier alpha value is -1.42. The summed E-state index contributed by atoms with van der Waals surface area (Å²) in [6.45, 7) is 2.92. The highest BCUT2D eigenvalue weighted by Crippen LogP contribution is 2.03. The summed E-state index contributed by atoms with van der Waals surface area (Å²) in [6, 6.07) is 5.72. The van der Waals surface area contributed by atoms with E-state index in [1.807, 2.05) is 30.1 Å². The molecule has 0 aliphatic rings. The van der Waals surface area contributed by atoms with Crippen LogP contribution >= 0.6 is 0 Å². The monoisotopic (exact) mass is 208 g/mol. The smallest absolute Gasteiger partial charge is 0.307 e. The Morgan fingerprint density at radius 1 is 1.60 bits per heavy atom. The lowest BCUT2D eigenvalue weighted by molar-refractivity contribution is -0.141. The second-order valence-corrected chi connectivity index (χ2v) is 3.76. The van der Waals surface area contributed by atoms with E-state index in [4.69, 9.17) is 5.11 Å². The molecule has 0 aliphatic heterocycles. The first-order chi connectivity index (χ1) is 7.09. The van der Waals surface area contributed by atoms with Gasteiger partial charge < -0.3 is 5.11 Å². The van der Waals surface area contributed by atoms with E-state index in [9.17, 15) is 4.79 Å². The lowest BCUT2D eigenvalue weighted by atomic mass is 10.2. The third kappa shape index (κ3) is 4.08. The third-order valence-electron chi connectivity index (χ3n) is 2.17. The molecular formula is C11H16N2O2. The van der Waals surface area contributed by atoms with Gasteiger partial charge in [-0.25, -0.2) is 0 Å². The quantitative estimate of drug-likeness (QED) is 0.790. The Kier molecular flexibility index (Phi) is 4.24. The van der Waals surface area contributed by atoms with Crippen LogP contribution in [-0.4, -0.2) is 34.6 Å². The minimum atomic E-state index is -0.761. The van der Waals surface area contributed by atoms with Crippen molar-refractivity contribution < 1.29 is 9.90 Å². The Balaban J connectivity index is 2.43. The maximum absolute atomic E-state index is 10.6. The van der Waals surface area contributed by atoms with Crippen LogP contribution in [0.1, 0.15) is 12.6 Å². The summed E-state index contributed by atoms with van der Waals surface area (Å²) in [5, 5.41) is 8.75. The minimum absolute atomic E-state index is 0.348. The average Bonchev–Trinajstić information content (AvgIpc) is 2.18. The number of carbonyl (C=O) groups is 1. The van der Waals surface area contributed by atoms with Crippen LogP contribution < -0.4 is 0 Å². The summed E-state index contributed by atoms with van der Waals surface area (Å²) in [6.07, 6.45) is 1.74. The van der Waals surface area contributed by atoms with E-state index in [1.54, 1.807) is 13.1 Å². The molecule has 0 fully saturated rings. The van der Waals surface area contributed by atoms with Crippen molar-refractivity contribution in [1.29, 1.82) is 0 Å². The number of hydrogen-bond acceptors (Lipinski definition) is 3. The van der Waals surface area contributed by atoms with Crippen molar-refractivity contribution >= 4 is 5.97 Å². The van der Waals surface area contributed by atoms with Gasteiger partial charge in [-0.1, -0.05) is 13.0 Å². The van der Waals surface area contributed by atoms with Crippen molar-refractivity contribution in [1.82, 2.24) is 9.88 Å². The highest BCUT2D eigenvalue weighted by molar-refractivity contribution is 5.69. The van der Waals surface area contributed by atoms with Crippen molar-refractivity contribution in [3.63, 3.8) is 0 Å². The molecule has 0 aromatic carbocycles. The summed E-state index contributed by atoms with van der Waals surface area (Å²) < 4.78 is 0. The molecule has 1 aromatic rings. The van der Waals surface area contributed by atoms with Gasteiger partial charge in [0.25, 0.3) is 0 Å². The zero-order chi connectivity index (χ0) is 11.3. The van der Waals surface area contributed by atoms with Crippen LogP contribution in [-0.2, 0) is 11.3 Å². The maximum atomic E-state index is 10.6. The number of aromatic nitrogens is 1. The van der Waals surface area contributed by atoms with E-state index in [0.717, 1.165) is 5.69 Å². The number of aliphatic carboxylic acids is 1. The molecule has 1 unspecified atom stereocenters. The fourth-order valence-electron chi connectivity index (χ4n) is 1.38. The molecule has 1 atom stereocenters. The zero-order valence-corrected chi connectivity index (χ0v) is 9.05. The van der Waals surface area contributed by atoms with E-state index < -0.39 is 5.97 Å². The Morgan fingerprint density at radius 2 is 2.33 bits per heavy atom. The highest BCUT2D eigenvalue weighted by Gasteiger charge is 2.13. The van der Waals surface area contributed by atoms with Gasteiger partial charge in [0.2, 0.25) is 0 Å². The highest BCUT2D eigenvalue weighted by atomic mass is 16.4. The van der Waals surface area contributed by atoms with E-state index in [-0.39, 0.29) is 5.92 Å². The van der Waals surface area contributed by atoms with E-state index in [2.05, 4.69) is 4.98 Å². The molecule has 0 amide bonds. The van der Waals surface area contributed by atoms with Crippen LogP contribution in [0.15, 0.2) is 24.4 Å². The summed E-state index contributed by atoms with van der Waals surface area (Å²) in [5.41, 5.74) is 0.956. The maximum Gasteiger partial charge on any atom is 0.307 e. The van der Waals surface area contributed by atoms with Crippen molar-refractivity contribution in [3.8, 4) is 0 Å². The lowest BCUT2D eigenvalue weighted by Crippen LogP contribution is -2.28. The van der Waals surface area contributed by atoms with E-state index in [1.165, 1.54) is 0 Å². The van der Waals surface area contributed by atoms with Crippen LogP contribution in [0.5, 0.6) is 0 Å². The van der Waals surface area contributed by atoms with Gasteiger partial charge in [0, 0.05) is 19.3 Å². The number of carboxylic acids is 1. The fraction of sp³-hybridized carbons (Fsp3) is 0.455. The van der Waals surface area contributed by atoms with Gasteiger partial charge in [0.15, 0.2) is 0 Å². The molecule has 0 aliphatic carbocycles. The van der Waals surface area contributed by atoms with Gasteiger partial charge in [-0.3, -0.25) is 14.7 Å². The van der Waals surface area contributed by atoms with Gasteiger partial charge in [-0.15, -0.1) is 0 Å². The number of hydrogen-bond donors (Lipinski definition) is 1. The van der Waals surface area contributed by atoms with Crippen LogP contribution in [0.3, 0.4) is 0 Å². The average molecular weight is 208 g/mol. The zero-order valence-electron chi connectivity index (χ0n) is 9.05. The molecule has 0 radical (unpaired) electrons. The Morgan fingerprint density at radius 3 is 2.87 bits per heavy atom. The normalized spacial score (nSPS) is 12.7. The molecule has 1 rings (SSSR count). The van der Waals surface area contributed by atoms with Crippen molar-refractivity contribution in [3.05, 3.63) is 30.1 Å². The van der Waals surface area contributed by atoms with Crippen molar-refractivity contribution in [2.75, 3.05) is 13.6 Å². The molecule has 4 heteroatoms. The van der Waals surface area contributed by atoms with Gasteiger partial charge >= 0.3 is 5.97 Å². The molecule has 0 saturated carbocycles. The van der Waals surface area contributed by atoms with Crippen LogP contribution in [0.25, 0.3) is 0 Å². The lowest BCUT2D eigenvalue weighted by Gasteiger charge is -2.18. The first kappa shape index (κ1) is 11.7. The van der Waals surface area contributed by atoms with Gasteiger partial charge in [-0.2, -0.15) is 0 Å². The Labute approximate surface area is 89.6 Å². The molecular weight excluding hydrogens is 192 g/mol. The largest absolute Gasteiger partial charge is 0.481 e. The molecule has 0 spiro atoms. The van der Waals surface area contributed by atoms with Gasteiger partial charge in [0.05, 0.1) is 11.6 Å². The van der Waals surface area contributed by atoms with Crippen molar-refractivity contribution in [2.45, 2.75) is 13.5 Å². The molecule has 82 valence electrons. The fourth-order valence-corrected chi connectivity index (χ4v) is 1.38. The van der Waals surface area contributed by atoms with Crippen molar-refractivity contribution in [2.24, 2.45) is 5.92 Å². The SMILES string of the molecule is CC(CN(C)Cc1ccccn1)C(=O)O. The first-order valence-electron chi connectivity index (χ1n) is 4.91. The molecule has 0 saturated heterocycles. The van der Waals surface area contributed by atoms with Gasteiger partial charge in [-0.05, 0) is 19.2 Å². The number of rotatable bonds is 5. The summed E-state index contributed by atoms with van der Waals surface area (Å²) >= 11 is 0. The first-order valence-corrected chi connectivity index (χ1v) is 4.91. The molecule has 1 N–H and O–H groups in total. The topological polar surface area (TPSA) is 53.4 Å².